The van der Waals surface area contributed by atoms with Gasteiger partial charge in [-0.15, -0.1) is 11.6 Å². The number of halogens is 1. The predicted octanol–water partition coefficient (Wildman–Crippen LogP) is 2.22. The van der Waals surface area contributed by atoms with Crippen LogP contribution < -0.4 is 0 Å². The third kappa shape index (κ3) is 3.28. The van der Waals surface area contributed by atoms with Crippen LogP contribution in [0.1, 0.15) is 18.4 Å². The van der Waals surface area contributed by atoms with Gasteiger partial charge in [-0.3, -0.25) is 0 Å². The minimum atomic E-state index is -3.42. The van der Waals surface area contributed by atoms with Crippen molar-refractivity contribution in [3.63, 3.8) is 0 Å². The second-order valence-corrected chi connectivity index (χ2v) is 6.85. The van der Waals surface area contributed by atoms with Gasteiger partial charge in [-0.2, -0.15) is 4.31 Å². The zero-order valence-corrected chi connectivity index (χ0v) is 12.5. The van der Waals surface area contributed by atoms with Crippen molar-refractivity contribution in [2.75, 3.05) is 20.2 Å². The molecule has 1 unspecified atom stereocenters. The molecule has 19 heavy (non-hydrogen) atoms. The predicted molar refractivity (Wildman–Crippen MR) is 74.8 cm³/mol. The Bertz CT molecular complexity index is 515. The summed E-state index contributed by atoms with van der Waals surface area (Å²) in [4.78, 5) is 0.318. The molecule has 0 radical (unpaired) electrons. The minimum absolute atomic E-state index is 0.00867. The normalized spacial score (nSPS) is 21.5. The second kappa shape index (κ2) is 6.22. The molecule has 1 aromatic rings. The highest BCUT2D eigenvalue weighted by atomic mass is 35.5. The maximum absolute atomic E-state index is 12.5. The molecule has 0 N–H and O–H groups in total. The lowest BCUT2D eigenvalue weighted by atomic mass is 10.1. The SMILES string of the molecule is COC1CCCN(S(=O)(=O)c2ccc(CCl)cc2)C1. The molecule has 0 saturated carbocycles. The molecule has 2 rings (SSSR count). The topological polar surface area (TPSA) is 46.6 Å². The van der Waals surface area contributed by atoms with Crippen molar-refractivity contribution >= 4 is 21.6 Å². The number of methoxy groups -OCH3 is 1. The second-order valence-electron chi connectivity index (χ2n) is 4.64. The standard InChI is InChI=1S/C13H18ClNO3S/c1-18-12-3-2-8-15(10-12)19(16,17)13-6-4-11(9-14)5-7-13/h4-7,12H,2-3,8-10H2,1H3. The van der Waals surface area contributed by atoms with E-state index in [4.69, 9.17) is 16.3 Å². The molecule has 0 amide bonds. The molecule has 1 fully saturated rings. The number of nitrogens with zero attached hydrogens (tertiary/aromatic N) is 1. The van der Waals surface area contributed by atoms with Crippen LogP contribution in [0.15, 0.2) is 29.2 Å². The van der Waals surface area contributed by atoms with E-state index in [1.807, 2.05) is 0 Å². The van der Waals surface area contributed by atoms with Gasteiger partial charge < -0.3 is 4.74 Å². The average Bonchev–Trinajstić information content (AvgIpc) is 2.47. The van der Waals surface area contributed by atoms with Gasteiger partial charge in [0.25, 0.3) is 0 Å². The van der Waals surface area contributed by atoms with Gasteiger partial charge >= 0.3 is 0 Å². The summed E-state index contributed by atoms with van der Waals surface area (Å²) in [5.41, 5.74) is 0.911. The van der Waals surface area contributed by atoms with Crippen LogP contribution >= 0.6 is 11.6 Å². The number of hydrogen-bond acceptors (Lipinski definition) is 3. The van der Waals surface area contributed by atoms with E-state index in [9.17, 15) is 8.42 Å². The number of alkyl halides is 1. The molecule has 1 saturated heterocycles. The largest absolute Gasteiger partial charge is 0.380 e. The van der Waals surface area contributed by atoms with Gasteiger partial charge in [-0.1, -0.05) is 12.1 Å². The molecule has 6 heteroatoms. The summed E-state index contributed by atoms with van der Waals surface area (Å²) in [6.45, 7) is 0.982. The Labute approximate surface area is 119 Å². The van der Waals surface area contributed by atoms with Gasteiger partial charge in [-0.25, -0.2) is 8.42 Å². The van der Waals surface area contributed by atoms with E-state index in [1.54, 1.807) is 31.4 Å². The van der Waals surface area contributed by atoms with Crippen LogP contribution in [0.5, 0.6) is 0 Å². The number of ether oxygens (including phenoxy) is 1. The fraction of sp³-hybridized carbons (Fsp3) is 0.538. The maximum atomic E-state index is 12.5. The Hall–Kier alpha value is -0.620. The first-order valence-electron chi connectivity index (χ1n) is 6.26. The summed E-state index contributed by atoms with van der Waals surface area (Å²) in [6.07, 6.45) is 1.73. The molecule has 4 nitrogen and oxygen atoms in total. The number of piperidine rings is 1. The zero-order valence-electron chi connectivity index (χ0n) is 10.9. The number of rotatable bonds is 4. The van der Waals surface area contributed by atoms with Gasteiger partial charge in [0.05, 0.1) is 11.0 Å². The molecule has 1 aliphatic heterocycles. The summed E-state index contributed by atoms with van der Waals surface area (Å²) in [7, 11) is -1.80. The van der Waals surface area contributed by atoms with Crippen molar-refractivity contribution in [1.82, 2.24) is 4.31 Å². The van der Waals surface area contributed by atoms with Crippen LogP contribution in [0.4, 0.5) is 0 Å². The molecular weight excluding hydrogens is 286 g/mol. The van der Waals surface area contributed by atoms with E-state index in [0.29, 0.717) is 23.9 Å². The summed E-state index contributed by atoms with van der Waals surface area (Å²) in [5, 5.41) is 0. The smallest absolute Gasteiger partial charge is 0.243 e. The van der Waals surface area contributed by atoms with Crippen molar-refractivity contribution in [3.05, 3.63) is 29.8 Å². The third-order valence-electron chi connectivity index (χ3n) is 3.39. The molecule has 1 aromatic carbocycles. The molecule has 1 atom stereocenters. The van der Waals surface area contributed by atoms with Crippen LogP contribution in [0.2, 0.25) is 0 Å². The van der Waals surface area contributed by atoms with Crippen LogP contribution in [0.25, 0.3) is 0 Å². The molecule has 106 valence electrons. The molecule has 1 heterocycles. The van der Waals surface area contributed by atoms with Gasteiger partial charge in [0.2, 0.25) is 10.0 Å². The maximum Gasteiger partial charge on any atom is 0.243 e. The molecule has 1 aliphatic rings. The minimum Gasteiger partial charge on any atom is -0.380 e. The van der Waals surface area contributed by atoms with Crippen molar-refractivity contribution in [2.24, 2.45) is 0 Å². The van der Waals surface area contributed by atoms with Crippen LogP contribution in [0, 0.1) is 0 Å². The molecule has 0 aliphatic carbocycles. The van der Waals surface area contributed by atoms with Crippen molar-refractivity contribution in [3.8, 4) is 0 Å². The summed E-state index contributed by atoms with van der Waals surface area (Å²) in [6, 6.07) is 6.72. The highest BCUT2D eigenvalue weighted by Crippen LogP contribution is 2.22. The average molecular weight is 304 g/mol. The molecule has 0 bridgehead atoms. The first-order chi connectivity index (χ1) is 9.07. The summed E-state index contributed by atoms with van der Waals surface area (Å²) >= 11 is 5.70. The Morgan fingerprint density at radius 2 is 2.05 bits per heavy atom. The van der Waals surface area contributed by atoms with Gasteiger partial charge in [0, 0.05) is 26.1 Å². The van der Waals surface area contributed by atoms with E-state index < -0.39 is 10.0 Å². The third-order valence-corrected chi connectivity index (χ3v) is 5.58. The summed E-state index contributed by atoms with van der Waals surface area (Å²) in [5.74, 6) is 0.385. The zero-order chi connectivity index (χ0) is 13.9. The van der Waals surface area contributed by atoms with Gasteiger partial charge in [0.1, 0.15) is 0 Å². The Balaban J connectivity index is 2.20. The van der Waals surface area contributed by atoms with Crippen LogP contribution in [-0.2, 0) is 20.6 Å². The van der Waals surface area contributed by atoms with E-state index >= 15 is 0 Å². The number of sulfonamides is 1. The van der Waals surface area contributed by atoms with E-state index in [0.717, 1.165) is 18.4 Å². The summed E-state index contributed by atoms with van der Waals surface area (Å²) < 4.78 is 31.7. The van der Waals surface area contributed by atoms with Crippen LogP contribution in [-0.4, -0.2) is 39.0 Å². The lowest BCUT2D eigenvalue weighted by molar-refractivity contribution is 0.0572. The molecular formula is C13H18ClNO3S. The van der Waals surface area contributed by atoms with E-state index in [-0.39, 0.29) is 6.10 Å². The fourth-order valence-corrected chi connectivity index (χ4v) is 3.90. The highest BCUT2D eigenvalue weighted by Gasteiger charge is 2.30. The Morgan fingerprint density at radius 3 is 2.63 bits per heavy atom. The number of hydrogen-bond donors (Lipinski definition) is 0. The van der Waals surface area contributed by atoms with Crippen molar-refractivity contribution in [2.45, 2.75) is 29.7 Å². The molecule has 0 aromatic heterocycles. The lowest BCUT2D eigenvalue weighted by Gasteiger charge is -2.31. The van der Waals surface area contributed by atoms with E-state index in [2.05, 4.69) is 0 Å². The fourth-order valence-electron chi connectivity index (χ4n) is 2.22. The van der Waals surface area contributed by atoms with Crippen molar-refractivity contribution in [1.29, 1.82) is 0 Å². The first kappa shape index (κ1) is 14.8. The van der Waals surface area contributed by atoms with Crippen molar-refractivity contribution < 1.29 is 13.2 Å². The Morgan fingerprint density at radius 1 is 1.37 bits per heavy atom. The molecule has 0 spiro atoms. The first-order valence-corrected chi connectivity index (χ1v) is 8.23. The lowest BCUT2D eigenvalue weighted by Crippen LogP contribution is -2.42. The highest BCUT2D eigenvalue weighted by molar-refractivity contribution is 7.89. The number of benzene rings is 1. The van der Waals surface area contributed by atoms with Gasteiger partial charge in [-0.05, 0) is 30.5 Å². The van der Waals surface area contributed by atoms with Crippen LogP contribution in [0.3, 0.4) is 0 Å². The van der Waals surface area contributed by atoms with E-state index in [1.165, 1.54) is 4.31 Å². The monoisotopic (exact) mass is 303 g/mol. The Kier molecular flexibility index (Phi) is 4.84. The van der Waals surface area contributed by atoms with Gasteiger partial charge in [0.15, 0.2) is 0 Å². The quantitative estimate of drug-likeness (QED) is 0.801.